The van der Waals surface area contributed by atoms with Crippen LogP contribution < -0.4 is 4.74 Å². The second kappa shape index (κ2) is 8.55. The van der Waals surface area contributed by atoms with E-state index in [1.165, 1.54) is 4.31 Å². The fourth-order valence-corrected chi connectivity index (χ4v) is 4.80. The van der Waals surface area contributed by atoms with Crippen LogP contribution in [0.15, 0.2) is 41.3 Å². The summed E-state index contributed by atoms with van der Waals surface area (Å²) >= 11 is 0. The number of aryl methyl sites for hydroxylation is 4. The van der Waals surface area contributed by atoms with Crippen LogP contribution in [0.25, 0.3) is 0 Å². The summed E-state index contributed by atoms with van der Waals surface area (Å²) < 4.78 is 33.0. The summed E-state index contributed by atoms with van der Waals surface area (Å²) in [5.74, 6) is 0.573. The molecule has 1 amide bonds. The van der Waals surface area contributed by atoms with Crippen molar-refractivity contribution in [3.63, 3.8) is 0 Å². The third-order valence-electron chi connectivity index (χ3n) is 5.40. The van der Waals surface area contributed by atoms with Gasteiger partial charge in [0, 0.05) is 26.2 Å². The molecule has 29 heavy (non-hydrogen) atoms. The monoisotopic (exact) mass is 416 g/mol. The Balaban J connectivity index is 1.58. The zero-order valence-electron chi connectivity index (χ0n) is 17.4. The Morgan fingerprint density at radius 2 is 1.55 bits per heavy atom. The lowest BCUT2D eigenvalue weighted by molar-refractivity contribution is -0.134. The first kappa shape index (κ1) is 21.3. The quantitative estimate of drug-likeness (QED) is 0.752. The highest BCUT2D eigenvalue weighted by atomic mass is 32.2. The topological polar surface area (TPSA) is 66.9 Å². The van der Waals surface area contributed by atoms with Crippen molar-refractivity contribution in [2.75, 3.05) is 32.8 Å². The summed E-state index contributed by atoms with van der Waals surface area (Å²) in [6.07, 6.45) is 0. The number of carbonyl (C=O) groups excluding carboxylic acids is 1. The number of nitrogens with zero attached hydrogens (tertiary/aromatic N) is 2. The Morgan fingerprint density at radius 3 is 2.21 bits per heavy atom. The van der Waals surface area contributed by atoms with Gasteiger partial charge in [-0.25, -0.2) is 8.42 Å². The lowest BCUT2D eigenvalue weighted by Crippen LogP contribution is -2.51. The minimum Gasteiger partial charge on any atom is -0.483 e. The van der Waals surface area contributed by atoms with Crippen molar-refractivity contribution in [1.29, 1.82) is 0 Å². The molecule has 0 N–H and O–H groups in total. The number of rotatable bonds is 5. The third-order valence-corrected chi connectivity index (χ3v) is 7.30. The van der Waals surface area contributed by atoms with E-state index >= 15 is 0 Å². The maximum absolute atomic E-state index is 12.9. The normalized spacial score (nSPS) is 15.4. The molecule has 0 unspecified atom stereocenters. The van der Waals surface area contributed by atoms with Gasteiger partial charge in [0.15, 0.2) is 6.61 Å². The molecule has 0 saturated carbocycles. The summed E-state index contributed by atoms with van der Waals surface area (Å²) in [6, 6.07) is 11.1. The van der Waals surface area contributed by atoms with Gasteiger partial charge < -0.3 is 9.64 Å². The van der Waals surface area contributed by atoms with Gasteiger partial charge in [0.2, 0.25) is 10.0 Å². The Labute approximate surface area is 173 Å². The van der Waals surface area contributed by atoms with Crippen LogP contribution in [-0.4, -0.2) is 56.3 Å². The van der Waals surface area contributed by atoms with E-state index in [-0.39, 0.29) is 25.6 Å². The van der Waals surface area contributed by atoms with E-state index in [1.54, 1.807) is 17.0 Å². The molecule has 0 radical (unpaired) electrons. The first-order chi connectivity index (χ1) is 13.7. The standard InChI is InChI=1S/C22H28N2O4S/c1-16-5-6-18(3)21(13-16)28-15-22(25)23-9-11-24(12-10-23)29(26,27)20-8-7-17(2)19(4)14-20/h5-8,13-14H,9-12,15H2,1-4H3. The van der Waals surface area contributed by atoms with Crippen molar-refractivity contribution in [3.05, 3.63) is 58.7 Å². The van der Waals surface area contributed by atoms with Crippen LogP contribution in [-0.2, 0) is 14.8 Å². The van der Waals surface area contributed by atoms with Crippen molar-refractivity contribution in [1.82, 2.24) is 9.21 Å². The highest BCUT2D eigenvalue weighted by Gasteiger charge is 2.30. The molecule has 3 rings (SSSR count). The Hall–Kier alpha value is -2.38. The summed E-state index contributed by atoms with van der Waals surface area (Å²) in [7, 11) is -3.55. The summed E-state index contributed by atoms with van der Waals surface area (Å²) in [5.41, 5.74) is 4.06. The van der Waals surface area contributed by atoms with Gasteiger partial charge in [0.25, 0.3) is 5.91 Å². The number of benzene rings is 2. The highest BCUT2D eigenvalue weighted by molar-refractivity contribution is 7.89. The maximum Gasteiger partial charge on any atom is 0.260 e. The molecule has 1 aliphatic rings. The van der Waals surface area contributed by atoms with Crippen molar-refractivity contribution in [3.8, 4) is 5.75 Å². The van der Waals surface area contributed by atoms with Crippen LogP contribution in [0.1, 0.15) is 22.3 Å². The molecule has 2 aromatic carbocycles. The lowest BCUT2D eigenvalue weighted by Gasteiger charge is -2.34. The number of piperazine rings is 1. The van der Waals surface area contributed by atoms with Gasteiger partial charge >= 0.3 is 0 Å². The zero-order chi connectivity index (χ0) is 21.2. The van der Waals surface area contributed by atoms with E-state index in [9.17, 15) is 13.2 Å². The fourth-order valence-electron chi connectivity index (χ4n) is 3.29. The van der Waals surface area contributed by atoms with Gasteiger partial charge in [-0.05, 0) is 68.1 Å². The van der Waals surface area contributed by atoms with E-state index in [1.807, 2.05) is 52.0 Å². The number of sulfonamides is 1. The predicted octanol–water partition coefficient (Wildman–Crippen LogP) is 2.83. The van der Waals surface area contributed by atoms with Gasteiger partial charge in [-0.3, -0.25) is 4.79 Å². The van der Waals surface area contributed by atoms with Gasteiger partial charge in [0.1, 0.15) is 5.75 Å². The second-order valence-electron chi connectivity index (χ2n) is 7.59. The molecule has 1 saturated heterocycles. The van der Waals surface area contributed by atoms with Crippen molar-refractivity contribution < 1.29 is 17.9 Å². The molecule has 7 heteroatoms. The van der Waals surface area contributed by atoms with E-state index in [0.29, 0.717) is 23.7 Å². The Bertz CT molecular complexity index is 1010. The summed E-state index contributed by atoms with van der Waals surface area (Å²) in [5, 5.41) is 0. The average Bonchev–Trinajstić information content (AvgIpc) is 2.70. The minimum absolute atomic E-state index is 0.0474. The Morgan fingerprint density at radius 1 is 0.897 bits per heavy atom. The van der Waals surface area contributed by atoms with Gasteiger partial charge in [-0.2, -0.15) is 4.31 Å². The number of hydrogen-bond donors (Lipinski definition) is 0. The minimum atomic E-state index is -3.55. The van der Waals surface area contributed by atoms with E-state index < -0.39 is 10.0 Å². The Kier molecular flexibility index (Phi) is 6.29. The zero-order valence-corrected chi connectivity index (χ0v) is 18.3. The smallest absolute Gasteiger partial charge is 0.260 e. The van der Waals surface area contributed by atoms with Crippen molar-refractivity contribution >= 4 is 15.9 Å². The molecular formula is C22H28N2O4S. The fraction of sp³-hybridized carbons (Fsp3) is 0.409. The molecule has 0 aliphatic carbocycles. The summed E-state index contributed by atoms with van der Waals surface area (Å²) in [6.45, 7) is 9.01. The lowest BCUT2D eigenvalue weighted by atomic mass is 10.1. The number of carbonyl (C=O) groups is 1. The first-order valence-electron chi connectivity index (χ1n) is 9.74. The van der Waals surface area contributed by atoms with Crippen molar-refractivity contribution in [2.24, 2.45) is 0 Å². The van der Waals surface area contributed by atoms with E-state index in [4.69, 9.17) is 4.74 Å². The molecule has 0 spiro atoms. The third kappa shape index (κ3) is 4.79. The largest absolute Gasteiger partial charge is 0.483 e. The van der Waals surface area contributed by atoms with Crippen LogP contribution in [0.5, 0.6) is 5.75 Å². The van der Waals surface area contributed by atoms with Crippen LogP contribution in [0.3, 0.4) is 0 Å². The first-order valence-corrected chi connectivity index (χ1v) is 11.2. The highest BCUT2D eigenvalue weighted by Crippen LogP contribution is 2.21. The SMILES string of the molecule is Cc1ccc(C)c(OCC(=O)N2CCN(S(=O)(=O)c3ccc(C)c(C)c3)CC2)c1. The van der Waals surface area contributed by atoms with Gasteiger partial charge in [0.05, 0.1) is 4.90 Å². The molecule has 1 fully saturated rings. The number of hydrogen-bond acceptors (Lipinski definition) is 4. The average molecular weight is 417 g/mol. The molecule has 6 nitrogen and oxygen atoms in total. The van der Waals surface area contributed by atoms with Gasteiger partial charge in [-0.1, -0.05) is 18.2 Å². The number of ether oxygens (including phenoxy) is 1. The molecule has 156 valence electrons. The molecule has 0 bridgehead atoms. The van der Waals surface area contributed by atoms with Crippen LogP contribution in [0.4, 0.5) is 0 Å². The van der Waals surface area contributed by atoms with Crippen LogP contribution in [0.2, 0.25) is 0 Å². The van der Waals surface area contributed by atoms with E-state index in [0.717, 1.165) is 22.3 Å². The predicted molar refractivity (Wildman–Crippen MR) is 113 cm³/mol. The van der Waals surface area contributed by atoms with Crippen molar-refractivity contribution in [2.45, 2.75) is 32.6 Å². The van der Waals surface area contributed by atoms with Crippen LogP contribution >= 0.6 is 0 Å². The number of amides is 1. The summed E-state index contributed by atoms with van der Waals surface area (Å²) in [4.78, 5) is 14.5. The molecular weight excluding hydrogens is 388 g/mol. The molecule has 0 aromatic heterocycles. The molecule has 0 atom stereocenters. The van der Waals surface area contributed by atoms with E-state index in [2.05, 4.69) is 0 Å². The maximum atomic E-state index is 12.9. The van der Waals surface area contributed by atoms with Gasteiger partial charge in [-0.15, -0.1) is 0 Å². The molecule has 1 aliphatic heterocycles. The molecule has 2 aromatic rings. The molecule has 1 heterocycles. The second-order valence-corrected chi connectivity index (χ2v) is 9.53. The van der Waals surface area contributed by atoms with Crippen LogP contribution in [0, 0.1) is 27.7 Å².